The Kier molecular flexibility index (Phi) is 52.5. The molecule has 0 aliphatic heterocycles. The summed E-state index contributed by atoms with van der Waals surface area (Å²) >= 11 is 0. The average molecular weight is 908 g/mol. The minimum Gasteiger partial charge on any atom is -0.353 e. The van der Waals surface area contributed by atoms with E-state index in [0.717, 1.165) is 90.9 Å². The van der Waals surface area contributed by atoms with E-state index in [9.17, 15) is 4.79 Å². The van der Waals surface area contributed by atoms with E-state index in [4.69, 9.17) is 22.9 Å². The second kappa shape index (κ2) is 53.1. The summed E-state index contributed by atoms with van der Waals surface area (Å²) < 4.78 is 0. The molecular formula is C55H118N8O. The summed E-state index contributed by atoms with van der Waals surface area (Å²) in [4.78, 5) is 21.6. The zero-order valence-electron chi connectivity index (χ0n) is 43.7. The van der Waals surface area contributed by atoms with Gasteiger partial charge in [0.05, 0.1) is 6.04 Å². The van der Waals surface area contributed by atoms with E-state index >= 15 is 0 Å². The number of nitrogens with one attached hydrogen (secondary N) is 1. The van der Waals surface area contributed by atoms with Crippen molar-refractivity contribution in [2.45, 2.75) is 264 Å². The molecular weight excluding hydrogens is 789 g/mol. The maximum Gasteiger partial charge on any atom is 0.237 e. The molecule has 0 saturated carbocycles. The third-order valence-corrected chi connectivity index (χ3v) is 13.7. The Morgan fingerprint density at radius 3 is 0.938 bits per heavy atom. The van der Waals surface area contributed by atoms with Crippen LogP contribution < -0.4 is 28.3 Å². The van der Waals surface area contributed by atoms with E-state index in [0.29, 0.717) is 32.7 Å². The Bertz CT molecular complexity index is 844. The predicted molar refractivity (Wildman–Crippen MR) is 284 cm³/mol. The van der Waals surface area contributed by atoms with Gasteiger partial charge in [-0.05, 0) is 110 Å². The minimum absolute atomic E-state index is 0.155. The molecule has 0 aliphatic rings. The van der Waals surface area contributed by atoms with Gasteiger partial charge in [-0.15, -0.1) is 0 Å². The summed E-state index contributed by atoms with van der Waals surface area (Å²) in [6, 6.07) is -0.155. The van der Waals surface area contributed by atoms with Crippen molar-refractivity contribution in [3.05, 3.63) is 0 Å². The molecule has 0 aromatic carbocycles. The number of nitrogens with two attached hydrogens (primary N) is 4. The summed E-state index contributed by atoms with van der Waals surface area (Å²) in [5, 5.41) is 3.43. The maximum absolute atomic E-state index is 14.1. The Balaban J connectivity index is 4.96. The molecule has 1 amide bonds. The summed E-state index contributed by atoms with van der Waals surface area (Å²) in [6.07, 6.45) is 50.4. The second-order valence-corrected chi connectivity index (χ2v) is 19.8. The molecule has 384 valence electrons. The molecule has 9 nitrogen and oxygen atoms in total. The SMILES string of the molecule is CCCCCCCCCCCCCCCCCCN(CCCCCCCCCCCCCCCCCC)CCNC(=O)C(CCCN(CCCN)CCCN)N(CCCN)CCCN. The lowest BCUT2D eigenvalue weighted by atomic mass is 10.0. The Morgan fingerprint density at radius 1 is 0.344 bits per heavy atom. The first-order valence-corrected chi connectivity index (χ1v) is 28.8. The van der Waals surface area contributed by atoms with Crippen molar-refractivity contribution in [3.8, 4) is 0 Å². The highest BCUT2D eigenvalue weighted by Gasteiger charge is 2.25. The molecule has 0 heterocycles. The quantitative estimate of drug-likeness (QED) is 0.0380. The molecule has 0 saturated heterocycles. The van der Waals surface area contributed by atoms with Gasteiger partial charge >= 0.3 is 0 Å². The molecule has 1 atom stereocenters. The van der Waals surface area contributed by atoms with Crippen molar-refractivity contribution in [2.24, 2.45) is 22.9 Å². The lowest BCUT2D eigenvalue weighted by Gasteiger charge is -2.32. The number of carbonyl (C=O) groups excluding carboxylic acids is 1. The van der Waals surface area contributed by atoms with Gasteiger partial charge in [-0.1, -0.05) is 206 Å². The summed E-state index contributed by atoms with van der Waals surface area (Å²) in [5.41, 5.74) is 23.7. The molecule has 0 rings (SSSR count). The van der Waals surface area contributed by atoms with Crippen LogP contribution in [-0.4, -0.2) is 112 Å². The highest BCUT2D eigenvalue weighted by molar-refractivity contribution is 5.81. The number of hydrogen-bond acceptors (Lipinski definition) is 8. The summed E-state index contributed by atoms with van der Waals surface area (Å²) in [7, 11) is 0. The van der Waals surface area contributed by atoms with Crippen LogP contribution in [0.25, 0.3) is 0 Å². The van der Waals surface area contributed by atoms with E-state index in [1.54, 1.807) is 0 Å². The van der Waals surface area contributed by atoms with Gasteiger partial charge in [0.2, 0.25) is 5.91 Å². The highest BCUT2D eigenvalue weighted by atomic mass is 16.2. The molecule has 0 aromatic rings. The highest BCUT2D eigenvalue weighted by Crippen LogP contribution is 2.17. The number of hydrogen-bond donors (Lipinski definition) is 5. The number of carbonyl (C=O) groups is 1. The zero-order valence-corrected chi connectivity index (χ0v) is 43.7. The zero-order chi connectivity index (χ0) is 46.7. The number of amides is 1. The molecule has 0 aliphatic carbocycles. The third-order valence-electron chi connectivity index (χ3n) is 13.7. The molecule has 1 unspecified atom stereocenters. The van der Waals surface area contributed by atoms with Crippen LogP contribution in [0, 0.1) is 0 Å². The van der Waals surface area contributed by atoms with Gasteiger partial charge in [-0.3, -0.25) is 9.69 Å². The topological polar surface area (TPSA) is 143 Å². The summed E-state index contributed by atoms with van der Waals surface area (Å²) in [6.45, 7) is 15.9. The fourth-order valence-corrected chi connectivity index (χ4v) is 9.52. The summed E-state index contributed by atoms with van der Waals surface area (Å²) in [5.74, 6) is 0.175. The predicted octanol–water partition coefficient (Wildman–Crippen LogP) is 12.1. The third kappa shape index (κ3) is 43.7. The van der Waals surface area contributed by atoms with Crippen molar-refractivity contribution >= 4 is 5.91 Å². The van der Waals surface area contributed by atoms with Gasteiger partial charge < -0.3 is 38.1 Å². The number of unbranched alkanes of at least 4 members (excludes halogenated alkanes) is 30. The van der Waals surface area contributed by atoms with E-state index in [-0.39, 0.29) is 11.9 Å². The lowest BCUT2D eigenvalue weighted by Crippen LogP contribution is -2.50. The van der Waals surface area contributed by atoms with E-state index < -0.39 is 0 Å². The fourth-order valence-electron chi connectivity index (χ4n) is 9.52. The largest absolute Gasteiger partial charge is 0.353 e. The first-order chi connectivity index (χ1) is 31.6. The van der Waals surface area contributed by atoms with Crippen LogP contribution in [0.15, 0.2) is 0 Å². The first-order valence-electron chi connectivity index (χ1n) is 28.8. The van der Waals surface area contributed by atoms with Crippen molar-refractivity contribution in [1.82, 2.24) is 20.0 Å². The molecule has 0 spiro atoms. The molecule has 0 fully saturated rings. The lowest BCUT2D eigenvalue weighted by molar-refractivity contribution is -0.127. The fraction of sp³-hybridized carbons (Fsp3) is 0.982. The van der Waals surface area contributed by atoms with Gasteiger partial charge in [0, 0.05) is 26.2 Å². The van der Waals surface area contributed by atoms with Crippen LogP contribution in [0.5, 0.6) is 0 Å². The van der Waals surface area contributed by atoms with Crippen molar-refractivity contribution < 1.29 is 4.79 Å². The number of nitrogens with zero attached hydrogens (tertiary/aromatic N) is 3. The molecule has 9 N–H and O–H groups in total. The molecule has 0 bridgehead atoms. The van der Waals surface area contributed by atoms with Crippen LogP contribution in [0.3, 0.4) is 0 Å². The van der Waals surface area contributed by atoms with Gasteiger partial charge in [-0.25, -0.2) is 0 Å². The molecule has 0 aromatic heterocycles. The van der Waals surface area contributed by atoms with Crippen LogP contribution in [0.4, 0.5) is 0 Å². The van der Waals surface area contributed by atoms with Gasteiger partial charge in [0.15, 0.2) is 0 Å². The Morgan fingerprint density at radius 2 is 0.609 bits per heavy atom. The van der Waals surface area contributed by atoms with Crippen molar-refractivity contribution in [2.75, 3.05) is 85.1 Å². The minimum atomic E-state index is -0.155. The standard InChI is InChI=1S/C55H118N8O/c1-3-5-7-9-11-13-15-17-19-21-23-25-27-29-31-33-46-62(47-34-32-30-28-26-24-22-20-18-16-14-12-10-8-6-4-2)53-45-60-55(64)54(63(51-38-43-58)52-39-44-59)40-35-48-61(49-36-41-56)50-37-42-57/h54H,3-53,56-59H2,1-2H3,(H,60,64). The Labute approximate surface area is 401 Å². The maximum atomic E-state index is 14.1. The van der Waals surface area contributed by atoms with E-state index in [1.807, 2.05) is 0 Å². The normalized spacial score (nSPS) is 12.4. The second-order valence-electron chi connectivity index (χ2n) is 19.8. The first kappa shape index (κ1) is 63.2. The average Bonchev–Trinajstić information content (AvgIpc) is 3.30. The molecule has 0 radical (unpaired) electrons. The van der Waals surface area contributed by atoms with Crippen LogP contribution >= 0.6 is 0 Å². The number of rotatable bonds is 55. The Hall–Kier alpha value is -0.810. The van der Waals surface area contributed by atoms with Gasteiger partial charge in [0.25, 0.3) is 0 Å². The van der Waals surface area contributed by atoms with Gasteiger partial charge in [-0.2, -0.15) is 0 Å². The van der Waals surface area contributed by atoms with Crippen LogP contribution in [-0.2, 0) is 4.79 Å². The van der Waals surface area contributed by atoms with E-state index in [1.165, 1.54) is 205 Å². The molecule has 9 heteroatoms. The van der Waals surface area contributed by atoms with Crippen molar-refractivity contribution in [1.29, 1.82) is 0 Å². The smallest absolute Gasteiger partial charge is 0.237 e. The van der Waals surface area contributed by atoms with Crippen molar-refractivity contribution in [3.63, 3.8) is 0 Å². The van der Waals surface area contributed by atoms with Gasteiger partial charge in [0.1, 0.15) is 0 Å². The van der Waals surface area contributed by atoms with Crippen LogP contribution in [0.2, 0.25) is 0 Å². The van der Waals surface area contributed by atoms with Crippen LogP contribution in [0.1, 0.15) is 258 Å². The monoisotopic (exact) mass is 907 g/mol. The molecule has 64 heavy (non-hydrogen) atoms. The van der Waals surface area contributed by atoms with E-state index in [2.05, 4.69) is 33.9 Å².